The summed E-state index contributed by atoms with van der Waals surface area (Å²) in [6.45, 7) is 6.63. The van der Waals surface area contributed by atoms with Gasteiger partial charge in [0.2, 0.25) is 5.17 Å². The zero-order chi connectivity index (χ0) is 24.2. The van der Waals surface area contributed by atoms with Crippen LogP contribution >= 0.6 is 23.5 Å². The van der Waals surface area contributed by atoms with Crippen molar-refractivity contribution in [2.45, 2.75) is 25.7 Å². The van der Waals surface area contributed by atoms with Crippen LogP contribution in [0.25, 0.3) is 6.08 Å². The van der Waals surface area contributed by atoms with Crippen LogP contribution in [-0.2, 0) is 4.79 Å². The molecule has 0 unspecified atom stereocenters. The second kappa shape index (κ2) is 10.5. The molecule has 2 aliphatic heterocycles. The number of nitrogens with one attached hydrogen (secondary N) is 1. The molecule has 176 valence electrons. The van der Waals surface area contributed by atoms with Gasteiger partial charge >= 0.3 is 0 Å². The smallest absolute Gasteiger partial charge is 0.283 e. The van der Waals surface area contributed by atoms with Gasteiger partial charge in [0.25, 0.3) is 5.91 Å². The van der Waals surface area contributed by atoms with Crippen LogP contribution < -0.4 is 9.47 Å². The molecular weight excluding hydrogens is 468 g/mol. The zero-order valence-electron chi connectivity index (χ0n) is 19.5. The Morgan fingerprint density at radius 1 is 1.18 bits per heavy atom. The Bertz CT molecular complexity index is 1200. The molecule has 0 fully saturated rings. The predicted molar refractivity (Wildman–Crippen MR) is 140 cm³/mol. The highest BCUT2D eigenvalue weighted by molar-refractivity contribution is 8.27. The van der Waals surface area contributed by atoms with Gasteiger partial charge in [0.05, 0.1) is 19.3 Å². The molecule has 0 bridgehead atoms. The van der Waals surface area contributed by atoms with E-state index in [1.165, 1.54) is 27.2 Å². The summed E-state index contributed by atoms with van der Waals surface area (Å²) >= 11 is 3.07. The second-order valence-corrected chi connectivity index (χ2v) is 10.2. The largest absolute Gasteiger partial charge is 0.493 e. The molecule has 0 radical (unpaired) electrons. The molecular formula is C25H26N4O3S2. The van der Waals surface area contributed by atoms with Gasteiger partial charge in [-0.15, -0.1) is 11.8 Å². The highest BCUT2D eigenvalue weighted by atomic mass is 32.2. The fraction of sp³-hybridized carbons (Fsp3) is 0.280. The number of thioether (sulfide) groups is 2. The lowest BCUT2D eigenvalue weighted by molar-refractivity contribution is -0.114. The average molecular weight is 495 g/mol. The molecule has 2 aromatic carbocycles. The molecule has 0 atom stereocenters. The summed E-state index contributed by atoms with van der Waals surface area (Å²) in [4.78, 5) is 17.9. The third-order valence-electron chi connectivity index (χ3n) is 5.09. The van der Waals surface area contributed by atoms with E-state index in [1.54, 1.807) is 31.0 Å². The lowest BCUT2D eigenvalue weighted by atomic mass is 10.1. The molecule has 0 saturated carbocycles. The second-order valence-electron chi connectivity index (χ2n) is 8.03. The van der Waals surface area contributed by atoms with Gasteiger partial charge in [-0.2, -0.15) is 15.1 Å². The first kappa shape index (κ1) is 24.1. The SMILES string of the molecule is COc1cc(/C=C2\C(=N)N3N=C(C(C)C)SC3=NC2=O)ccc1OCCSc1ccc(C)cc1. The van der Waals surface area contributed by atoms with Crippen LogP contribution in [-0.4, -0.2) is 46.4 Å². The Kier molecular flexibility index (Phi) is 7.43. The fourth-order valence-electron chi connectivity index (χ4n) is 3.25. The summed E-state index contributed by atoms with van der Waals surface area (Å²) in [7, 11) is 1.58. The van der Waals surface area contributed by atoms with Crippen molar-refractivity contribution in [2.75, 3.05) is 19.5 Å². The Morgan fingerprint density at radius 2 is 1.94 bits per heavy atom. The van der Waals surface area contributed by atoms with Crippen LogP contribution in [0.4, 0.5) is 0 Å². The van der Waals surface area contributed by atoms with Crippen molar-refractivity contribution in [3.63, 3.8) is 0 Å². The summed E-state index contributed by atoms with van der Waals surface area (Å²) in [5.74, 6) is 1.76. The third-order valence-corrected chi connectivity index (χ3v) is 7.28. The molecule has 0 saturated heterocycles. The maximum atomic E-state index is 12.6. The van der Waals surface area contributed by atoms with Crippen molar-refractivity contribution in [3.05, 3.63) is 59.2 Å². The summed E-state index contributed by atoms with van der Waals surface area (Å²) < 4.78 is 11.4. The monoisotopic (exact) mass is 494 g/mol. The van der Waals surface area contributed by atoms with Crippen LogP contribution in [0.3, 0.4) is 0 Å². The molecule has 0 aromatic heterocycles. The summed E-state index contributed by atoms with van der Waals surface area (Å²) in [5.41, 5.74) is 2.14. The van der Waals surface area contributed by atoms with Crippen molar-refractivity contribution >= 4 is 51.6 Å². The number of amides is 1. The fourth-order valence-corrected chi connectivity index (χ4v) is 4.87. The summed E-state index contributed by atoms with van der Waals surface area (Å²) in [6.07, 6.45) is 1.64. The number of carbonyl (C=O) groups is 1. The molecule has 2 aliphatic rings. The van der Waals surface area contributed by atoms with Gasteiger partial charge in [-0.3, -0.25) is 10.2 Å². The lowest BCUT2D eigenvalue weighted by Gasteiger charge is -2.20. The molecule has 9 heteroatoms. The number of benzene rings is 2. The van der Waals surface area contributed by atoms with E-state index in [9.17, 15) is 4.79 Å². The number of amidine groups is 2. The van der Waals surface area contributed by atoms with Crippen molar-refractivity contribution in [1.82, 2.24) is 5.01 Å². The number of aliphatic imine (C=N–C) groups is 1. The molecule has 34 heavy (non-hydrogen) atoms. The topological polar surface area (TPSA) is 87.3 Å². The molecule has 1 N–H and O–H groups in total. The third kappa shape index (κ3) is 5.37. The highest BCUT2D eigenvalue weighted by Gasteiger charge is 2.36. The van der Waals surface area contributed by atoms with Gasteiger partial charge in [0.15, 0.2) is 17.3 Å². The van der Waals surface area contributed by atoms with Crippen molar-refractivity contribution < 1.29 is 14.3 Å². The van der Waals surface area contributed by atoms with Crippen LogP contribution in [0, 0.1) is 18.3 Å². The molecule has 4 rings (SSSR count). The molecule has 7 nitrogen and oxygen atoms in total. The van der Waals surface area contributed by atoms with E-state index >= 15 is 0 Å². The molecule has 1 amide bonds. The van der Waals surface area contributed by atoms with Gasteiger partial charge in [0.1, 0.15) is 5.04 Å². The van der Waals surface area contributed by atoms with E-state index < -0.39 is 5.91 Å². The molecule has 2 heterocycles. The van der Waals surface area contributed by atoms with E-state index in [0.29, 0.717) is 28.8 Å². The minimum Gasteiger partial charge on any atom is -0.493 e. The number of ether oxygens (including phenoxy) is 2. The number of nitrogens with zero attached hydrogens (tertiary/aromatic N) is 3. The zero-order valence-corrected chi connectivity index (χ0v) is 21.1. The van der Waals surface area contributed by atoms with Gasteiger partial charge in [-0.05, 0) is 54.6 Å². The minimum absolute atomic E-state index is 0.0190. The first-order chi connectivity index (χ1) is 16.4. The van der Waals surface area contributed by atoms with Gasteiger partial charge in [-0.1, -0.05) is 37.6 Å². The van der Waals surface area contributed by atoms with Gasteiger partial charge in [0, 0.05) is 16.6 Å². The number of hydrazone groups is 1. The molecule has 0 spiro atoms. The Hall–Kier alpha value is -3.04. The number of carbonyl (C=O) groups excluding carboxylic acids is 1. The maximum absolute atomic E-state index is 12.6. The van der Waals surface area contributed by atoms with Crippen LogP contribution in [0.5, 0.6) is 11.5 Å². The Balaban J connectivity index is 1.44. The molecule has 0 aliphatic carbocycles. The van der Waals surface area contributed by atoms with Crippen LogP contribution in [0.1, 0.15) is 25.0 Å². The van der Waals surface area contributed by atoms with Gasteiger partial charge < -0.3 is 9.47 Å². The van der Waals surface area contributed by atoms with Crippen LogP contribution in [0.2, 0.25) is 0 Å². The van der Waals surface area contributed by atoms with E-state index in [4.69, 9.17) is 14.9 Å². The first-order valence-corrected chi connectivity index (χ1v) is 12.7. The molecule has 2 aromatic rings. The minimum atomic E-state index is -0.448. The van der Waals surface area contributed by atoms with E-state index in [0.717, 1.165) is 10.8 Å². The Labute approximate surface area is 207 Å². The standard InChI is InChI=1S/C25H26N4O3S2/c1-15(2)24-28-29-22(26)19(23(30)27-25(29)34-24)13-17-7-10-20(21(14-17)31-4)32-11-12-33-18-8-5-16(3)6-9-18/h5-10,13-15,26H,11-12H2,1-4H3/b19-13+,26-22?. The number of hydrogen-bond donors (Lipinski definition) is 1. The quantitative estimate of drug-likeness (QED) is 0.298. The average Bonchev–Trinajstić information content (AvgIpc) is 3.25. The van der Waals surface area contributed by atoms with Crippen molar-refractivity contribution in [2.24, 2.45) is 16.0 Å². The number of methoxy groups -OCH3 is 1. The van der Waals surface area contributed by atoms with Crippen LogP contribution in [0.15, 0.2) is 63.0 Å². The highest BCUT2D eigenvalue weighted by Crippen LogP contribution is 2.33. The number of rotatable bonds is 8. The summed E-state index contributed by atoms with van der Waals surface area (Å²) in [6, 6.07) is 13.8. The van der Waals surface area contributed by atoms with E-state index in [1.807, 2.05) is 26.0 Å². The normalized spacial score (nSPS) is 16.6. The van der Waals surface area contributed by atoms with Crippen molar-refractivity contribution in [1.29, 1.82) is 5.41 Å². The number of hydrogen-bond acceptors (Lipinski definition) is 7. The maximum Gasteiger partial charge on any atom is 0.283 e. The Morgan fingerprint density at radius 3 is 2.65 bits per heavy atom. The van der Waals surface area contributed by atoms with E-state index in [2.05, 4.69) is 41.3 Å². The number of aryl methyl sites for hydroxylation is 1. The number of fused-ring (bicyclic) bond motifs is 1. The summed E-state index contributed by atoms with van der Waals surface area (Å²) in [5, 5.41) is 15.6. The predicted octanol–water partition coefficient (Wildman–Crippen LogP) is 5.45. The lowest BCUT2D eigenvalue weighted by Crippen LogP contribution is -2.35. The van der Waals surface area contributed by atoms with E-state index in [-0.39, 0.29) is 17.3 Å². The van der Waals surface area contributed by atoms with Crippen molar-refractivity contribution in [3.8, 4) is 11.5 Å². The van der Waals surface area contributed by atoms with Gasteiger partial charge in [-0.25, -0.2) is 0 Å². The first-order valence-electron chi connectivity index (χ1n) is 10.9.